The third-order valence-electron chi connectivity index (χ3n) is 5.42. The van der Waals surface area contributed by atoms with Crippen LogP contribution in [-0.2, 0) is 17.9 Å². The molecule has 0 spiro atoms. The lowest BCUT2D eigenvalue weighted by Crippen LogP contribution is -2.31. The van der Waals surface area contributed by atoms with E-state index in [4.69, 9.17) is 33.0 Å². The Hall–Kier alpha value is -3.22. The van der Waals surface area contributed by atoms with E-state index in [0.717, 1.165) is 28.3 Å². The van der Waals surface area contributed by atoms with E-state index >= 15 is 0 Å². The molecular weight excluding hydrogens is 447 g/mol. The minimum Gasteiger partial charge on any atom is -0.482 e. The summed E-state index contributed by atoms with van der Waals surface area (Å²) in [5, 5.41) is 5.75. The van der Waals surface area contributed by atoms with Crippen LogP contribution in [0.25, 0.3) is 11.5 Å². The number of rotatable bonds is 5. The lowest BCUT2D eigenvalue weighted by molar-refractivity contribution is -0.134. The average molecular weight is 467 g/mol. The van der Waals surface area contributed by atoms with Crippen molar-refractivity contribution in [3.05, 3.63) is 93.9 Å². The van der Waals surface area contributed by atoms with Crippen molar-refractivity contribution < 1.29 is 9.53 Å². The molecule has 0 saturated carbocycles. The van der Waals surface area contributed by atoms with E-state index < -0.39 is 0 Å². The molecule has 4 aromatic rings. The van der Waals surface area contributed by atoms with Crippen LogP contribution in [0.5, 0.6) is 5.75 Å². The van der Waals surface area contributed by atoms with Gasteiger partial charge in [-0.3, -0.25) is 4.79 Å². The summed E-state index contributed by atoms with van der Waals surface area (Å²) in [5.41, 5.74) is 4.06. The Bertz CT molecular complexity index is 1300. The van der Waals surface area contributed by atoms with Crippen LogP contribution in [0.3, 0.4) is 0 Å². The SMILES string of the molecule is Cc1cccc(-n2nc3c(c2-n2cccc2)CN(C(=O)COc2ccc(Cl)cc2Cl)C3)c1. The van der Waals surface area contributed by atoms with Gasteiger partial charge in [0.25, 0.3) is 5.91 Å². The monoisotopic (exact) mass is 466 g/mol. The summed E-state index contributed by atoms with van der Waals surface area (Å²) in [6, 6.07) is 17.1. The first-order valence-corrected chi connectivity index (χ1v) is 10.9. The fraction of sp³-hybridized carbons (Fsp3) is 0.167. The first-order chi connectivity index (χ1) is 15.5. The molecule has 0 atom stereocenters. The molecule has 6 nitrogen and oxygen atoms in total. The number of nitrogens with zero attached hydrogens (tertiary/aromatic N) is 4. The number of ether oxygens (including phenoxy) is 1. The van der Waals surface area contributed by atoms with Crippen molar-refractivity contribution in [2.45, 2.75) is 20.0 Å². The van der Waals surface area contributed by atoms with Crippen LogP contribution < -0.4 is 4.74 Å². The van der Waals surface area contributed by atoms with Crippen LogP contribution in [0.15, 0.2) is 67.0 Å². The van der Waals surface area contributed by atoms with Gasteiger partial charge in [-0.25, -0.2) is 4.68 Å². The van der Waals surface area contributed by atoms with Crippen molar-refractivity contribution in [1.29, 1.82) is 0 Å². The summed E-state index contributed by atoms with van der Waals surface area (Å²) in [5.74, 6) is 1.24. The van der Waals surface area contributed by atoms with Crippen molar-refractivity contribution in [1.82, 2.24) is 19.2 Å². The summed E-state index contributed by atoms with van der Waals surface area (Å²) in [4.78, 5) is 14.6. The number of amides is 1. The number of carbonyl (C=O) groups excluding carboxylic acids is 1. The maximum atomic E-state index is 12.9. The molecule has 8 heteroatoms. The van der Waals surface area contributed by atoms with Gasteiger partial charge in [0.2, 0.25) is 0 Å². The van der Waals surface area contributed by atoms with E-state index in [1.807, 2.05) is 45.9 Å². The maximum absolute atomic E-state index is 12.9. The number of aromatic nitrogens is 3. The molecule has 0 aliphatic carbocycles. The highest BCUT2D eigenvalue weighted by Crippen LogP contribution is 2.31. The molecule has 0 radical (unpaired) electrons. The van der Waals surface area contributed by atoms with Gasteiger partial charge in [0.1, 0.15) is 11.6 Å². The summed E-state index contributed by atoms with van der Waals surface area (Å²) in [6.07, 6.45) is 3.97. The highest BCUT2D eigenvalue weighted by Gasteiger charge is 2.31. The molecule has 3 heterocycles. The topological polar surface area (TPSA) is 52.3 Å². The van der Waals surface area contributed by atoms with E-state index in [0.29, 0.717) is 28.9 Å². The summed E-state index contributed by atoms with van der Waals surface area (Å²) >= 11 is 12.1. The quantitative estimate of drug-likeness (QED) is 0.406. The van der Waals surface area contributed by atoms with Crippen molar-refractivity contribution in [3.8, 4) is 17.3 Å². The molecule has 0 unspecified atom stereocenters. The molecule has 2 aromatic carbocycles. The highest BCUT2D eigenvalue weighted by atomic mass is 35.5. The zero-order valence-electron chi connectivity index (χ0n) is 17.3. The van der Waals surface area contributed by atoms with Crippen LogP contribution in [-0.4, -0.2) is 31.8 Å². The van der Waals surface area contributed by atoms with Gasteiger partial charge in [0.15, 0.2) is 6.61 Å². The number of fused-ring (bicyclic) bond motifs is 1. The Morgan fingerprint density at radius 1 is 1.06 bits per heavy atom. The Balaban J connectivity index is 1.39. The fourth-order valence-electron chi connectivity index (χ4n) is 3.88. The third kappa shape index (κ3) is 3.87. The largest absolute Gasteiger partial charge is 0.482 e. The second-order valence-electron chi connectivity index (χ2n) is 7.70. The van der Waals surface area contributed by atoms with E-state index in [1.54, 1.807) is 23.1 Å². The molecule has 1 amide bonds. The number of halogens is 2. The maximum Gasteiger partial charge on any atom is 0.261 e. The lowest BCUT2D eigenvalue weighted by atomic mass is 10.2. The lowest BCUT2D eigenvalue weighted by Gasteiger charge is -2.18. The minimum absolute atomic E-state index is 0.109. The van der Waals surface area contributed by atoms with Crippen molar-refractivity contribution in [3.63, 3.8) is 0 Å². The summed E-state index contributed by atoms with van der Waals surface area (Å²) in [6.45, 7) is 2.84. The number of carbonyl (C=O) groups is 1. The molecular formula is C24H20Cl2N4O2. The van der Waals surface area contributed by atoms with Gasteiger partial charge >= 0.3 is 0 Å². The standard InChI is InChI=1S/C24H20Cl2N4O2/c1-16-5-4-6-18(11-16)30-24(28-9-2-3-10-28)19-13-29(14-21(19)27-30)23(31)15-32-22-8-7-17(25)12-20(22)26/h2-12H,13-15H2,1H3. The van der Waals surface area contributed by atoms with Crippen LogP contribution in [0.1, 0.15) is 16.8 Å². The van der Waals surface area contributed by atoms with E-state index in [9.17, 15) is 4.79 Å². The van der Waals surface area contributed by atoms with E-state index in [-0.39, 0.29) is 12.5 Å². The predicted molar refractivity (Wildman–Crippen MR) is 124 cm³/mol. The van der Waals surface area contributed by atoms with Gasteiger partial charge in [-0.2, -0.15) is 5.10 Å². The van der Waals surface area contributed by atoms with Crippen LogP contribution >= 0.6 is 23.2 Å². The van der Waals surface area contributed by atoms with E-state index in [2.05, 4.69) is 19.1 Å². The molecule has 5 rings (SSSR count). The van der Waals surface area contributed by atoms with E-state index in [1.165, 1.54) is 0 Å². The Kier molecular flexibility index (Phi) is 5.41. The second-order valence-corrected chi connectivity index (χ2v) is 8.55. The highest BCUT2D eigenvalue weighted by molar-refractivity contribution is 6.35. The number of hydrogen-bond acceptors (Lipinski definition) is 3. The third-order valence-corrected chi connectivity index (χ3v) is 5.95. The zero-order valence-corrected chi connectivity index (χ0v) is 18.8. The molecule has 32 heavy (non-hydrogen) atoms. The molecule has 2 aromatic heterocycles. The van der Waals surface area contributed by atoms with Gasteiger partial charge in [-0.1, -0.05) is 35.3 Å². The Morgan fingerprint density at radius 3 is 2.62 bits per heavy atom. The molecule has 0 N–H and O–H groups in total. The van der Waals surface area contributed by atoms with Crippen LogP contribution in [0.4, 0.5) is 0 Å². The molecule has 162 valence electrons. The summed E-state index contributed by atoms with van der Waals surface area (Å²) in [7, 11) is 0. The minimum atomic E-state index is -0.130. The Morgan fingerprint density at radius 2 is 1.88 bits per heavy atom. The van der Waals surface area contributed by atoms with Gasteiger partial charge in [0, 0.05) is 23.0 Å². The fourth-order valence-corrected chi connectivity index (χ4v) is 4.34. The van der Waals surface area contributed by atoms with Crippen molar-refractivity contribution in [2.24, 2.45) is 0 Å². The Labute approximate surface area is 195 Å². The second kappa shape index (κ2) is 8.37. The van der Waals surface area contributed by atoms with Crippen molar-refractivity contribution >= 4 is 29.1 Å². The van der Waals surface area contributed by atoms with Gasteiger partial charge in [-0.15, -0.1) is 0 Å². The molecule has 0 fully saturated rings. The molecule has 0 bridgehead atoms. The first kappa shape index (κ1) is 20.7. The number of aryl methyl sites for hydroxylation is 1. The molecule has 1 aliphatic rings. The number of benzene rings is 2. The zero-order chi connectivity index (χ0) is 22.2. The van der Waals surface area contributed by atoms with Crippen LogP contribution in [0.2, 0.25) is 10.0 Å². The average Bonchev–Trinajstić information content (AvgIpc) is 3.49. The predicted octanol–water partition coefficient (Wildman–Crippen LogP) is 5.20. The normalized spacial score (nSPS) is 12.8. The summed E-state index contributed by atoms with van der Waals surface area (Å²) < 4.78 is 9.62. The van der Waals surface area contributed by atoms with Gasteiger partial charge < -0.3 is 14.2 Å². The molecule has 1 aliphatic heterocycles. The van der Waals surface area contributed by atoms with Gasteiger partial charge in [-0.05, 0) is 55.0 Å². The first-order valence-electron chi connectivity index (χ1n) is 10.2. The molecule has 0 saturated heterocycles. The number of hydrogen-bond donors (Lipinski definition) is 0. The van der Waals surface area contributed by atoms with Crippen molar-refractivity contribution in [2.75, 3.05) is 6.61 Å². The smallest absolute Gasteiger partial charge is 0.261 e. The van der Waals surface area contributed by atoms with Gasteiger partial charge in [0.05, 0.1) is 29.5 Å². The van der Waals surface area contributed by atoms with Crippen LogP contribution in [0, 0.1) is 6.92 Å².